The molecule has 0 unspecified atom stereocenters. The molecule has 0 N–H and O–H groups in total. The van der Waals surface area contributed by atoms with E-state index in [1.54, 1.807) is 36.9 Å². The molecule has 7 heteroatoms. The number of nitrogens with zero attached hydrogens (tertiary/aromatic N) is 2. The van der Waals surface area contributed by atoms with Gasteiger partial charge in [0.05, 0.1) is 38.0 Å². The highest BCUT2D eigenvalue weighted by Gasteiger charge is 2.05. The Morgan fingerprint density at radius 1 is 0.762 bits per heavy atom. The molecule has 0 bridgehead atoms. The largest absolute Gasteiger partial charge is 0.658 e. The summed E-state index contributed by atoms with van der Waals surface area (Å²) in [5.74, 6) is 2.33. The number of pyridine rings is 2. The van der Waals surface area contributed by atoms with E-state index < -0.39 is 0 Å². The first-order valence-electron chi connectivity index (χ1n) is 6.62. The van der Waals surface area contributed by atoms with Crippen LogP contribution in [0.4, 0.5) is 0 Å². The van der Waals surface area contributed by atoms with Crippen LogP contribution in [0.2, 0.25) is 0 Å². The highest BCUT2D eigenvalue weighted by atomic mass is 16.6. The summed E-state index contributed by atoms with van der Waals surface area (Å²) >= 11 is 0. The van der Waals surface area contributed by atoms with Gasteiger partial charge in [-0.3, -0.25) is 9.97 Å². The summed E-state index contributed by atoms with van der Waals surface area (Å²) in [4.78, 5) is 8.02. The zero-order chi connectivity index (χ0) is 14.9. The predicted molar refractivity (Wildman–Crippen MR) is 77.8 cm³/mol. The number of hydrogen-bond acceptors (Lipinski definition) is 6. The monoisotopic (exact) mass is 287 g/mol. The van der Waals surface area contributed by atoms with Gasteiger partial charge in [-0.25, -0.2) is 0 Å². The predicted octanol–water partition coefficient (Wildman–Crippen LogP) is 2.27. The van der Waals surface area contributed by atoms with Crippen molar-refractivity contribution in [2.24, 2.45) is 0 Å². The van der Waals surface area contributed by atoms with E-state index >= 15 is 0 Å². The minimum Gasteiger partial charge on any atom is -0.525 e. The van der Waals surface area contributed by atoms with E-state index in [1.807, 2.05) is 13.8 Å². The molecule has 2 rings (SSSR count). The summed E-state index contributed by atoms with van der Waals surface area (Å²) in [6.07, 6.45) is 6.37. The minimum atomic E-state index is 0.523. The minimum absolute atomic E-state index is 0.523. The Hall–Kier alpha value is -2.44. The van der Waals surface area contributed by atoms with Crippen molar-refractivity contribution >= 4 is 7.69 Å². The highest BCUT2D eigenvalue weighted by Crippen LogP contribution is 2.19. The molecule has 0 aliphatic carbocycles. The van der Waals surface area contributed by atoms with Crippen LogP contribution in [0.3, 0.4) is 0 Å². The average molecular weight is 287 g/mol. The van der Waals surface area contributed by atoms with Gasteiger partial charge in [-0.2, -0.15) is 0 Å². The van der Waals surface area contributed by atoms with Gasteiger partial charge >= 0.3 is 7.69 Å². The van der Waals surface area contributed by atoms with Gasteiger partial charge in [-0.05, 0) is 13.8 Å². The molecule has 109 valence electrons. The van der Waals surface area contributed by atoms with Crippen molar-refractivity contribution in [3.63, 3.8) is 0 Å². The van der Waals surface area contributed by atoms with Crippen LogP contribution in [0, 0.1) is 0 Å². The molecule has 0 amide bonds. The fourth-order valence-electron chi connectivity index (χ4n) is 1.55. The van der Waals surface area contributed by atoms with Crippen LogP contribution in [0.15, 0.2) is 36.9 Å². The molecule has 0 aromatic carbocycles. The van der Waals surface area contributed by atoms with Crippen molar-refractivity contribution in [2.45, 2.75) is 13.8 Å². The molecule has 0 saturated carbocycles. The third kappa shape index (κ3) is 4.87. The molecular weight excluding hydrogens is 271 g/mol. The van der Waals surface area contributed by atoms with E-state index in [-0.39, 0.29) is 0 Å². The third-order valence-corrected chi connectivity index (χ3v) is 2.37. The molecule has 0 fully saturated rings. The van der Waals surface area contributed by atoms with Gasteiger partial charge in [0.2, 0.25) is 0 Å². The number of ether oxygens (including phenoxy) is 2. The van der Waals surface area contributed by atoms with E-state index in [0.717, 1.165) is 0 Å². The van der Waals surface area contributed by atoms with Gasteiger partial charge in [-0.15, -0.1) is 0 Å². The third-order valence-electron chi connectivity index (χ3n) is 2.37. The van der Waals surface area contributed by atoms with Crippen molar-refractivity contribution in [2.75, 3.05) is 13.2 Å². The molecule has 21 heavy (non-hydrogen) atoms. The molecular formula is C14H16BN2O4. The van der Waals surface area contributed by atoms with E-state index in [4.69, 9.17) is 18.8 Å². The summed E-state index contributed by atoms with van der Waals surface area (Å²) in [6, 6.07) is 3.45. The summed E-state index contributed by atoms with van der Waals surface area (Å²) < 4.78 is 21.3. The molecule has 0 aliphatic rings. The van der Waals surface area contributed by atoms with Gasteiger partial charge in [0.25, 0.3) is 0 Å². The Balaban J connectivity index is 1.86. The lowest BCUT2D eigenvalue weighted by Crippen LogP contribution is -2.11. The molecule has 0 saturated heterocycles. The van der Waals surface area contributed by atoms with E-state index in [2.05, 4.69) is 9.97 Å². The zero-order valence-electron chi connectivity index (χ0n) is 12.0. The van der Waals surface area contributed by atoms with Crippen LogP contribution in [-0.2, 0) is 0 Å². The second-order valence-electron chi connectivity index (χ2n) is 3.91. The van der Waals surface area contributed by atoms with Crippen LogP contribution in [-0.4, -0.2) is 30.9 Å². The fourth-order valence-corrected chi connectivity index (χ4v) is 1.55. The van der Waals surface area contributed by atoms with E-state index in [1.165, 1.54) is 7.69 Å². The normalized spacial score (nSPS) is 9.81. The topological polar surface area (TPSA) is 62.7 Å². The first kappa shape index (κ1) is 15.0. The second-order valence-corrected chi connectivity index (χ2v) is 3.91. The van der Waals surface area contributed by atoms with Crippen LogP contribution in [0.1, 0.15) is 13.8 Å². The maximum atomic E-state index is 5.34. The first-order valence-corrected chi connectivity index (χ1v) is 6.62. The molecule has 6 nitrogen and oxygen atoms in total. The van der Waals surface area contributed by atoms with Crippen molar-refractivity contribution in [1.82, 2.24) is 9.97 Å². The SMILES string of the molecule is CCOc1cncc(O[B]Oc2cncc(OCC)c2)c1. The zero-order valence-corrected chi connectivity index (χ0v) is 12.0. The Bertz CT molecular complexity index is 519. The first-order chi connectivity index (χ1) is 10.3. The summed E-state index contributed by atoms with van der Waals surface area (Å²) in [6.45, 7) is 4.95. The Labute approximate surface area is 124 Å². The van der Waals surface area contributed by atoms with Crippen molar-refractivity contribution < 1.29 is 18.8 Å². The standard InChI is InChI=1S/C14H16BN2O4/c1-3-18-11-5-13(9-16-7-11)20-15-21-14-6-12(19-4-2)8-17-10-14/h5-10H,3-4H2,1-2H3. The van der Waals surface area contributed by atoms with Gasteiger partial charge in [-0.1, -0.05) is 0 Å². The lowest BCUT2D eigenvalue weighted by Gasteiger charge is -2.08. The van der Waals surface area contributed by atoms with Gasteiger partial charge in [0.15, 0.2) is 0 Å². The smallest absolute Gasteiger partial charge is 0.525 e. The van der Waals surface area contributed by atoms with Gasteiger partial charge in [0, 0.05) is 12.1 Å². The summed E-state index contributed by atoms with van der Waals surface area (Å²) in [5.41, 5.74) is 0. The Morgan fingerprint density at radius 3 is 1.62 bits per heavy atom. The Kier molecular flexibility index (Phi) is 5.69. The summed E-state index contributed by atoms with van der Waals surface area (Å²) in [7, 11) is 1.21. The van der Waals surface area contributed by atoms with Crippen LogP contribution < -0.4 is 18.8 Å². The van der Waals surface area contributed by atoms with Crippen LogP contribution in [0.5, 0.6) is 23.0 Å². The maximum Gasteiger partial charge on any atom is 0.658 e. The lowest BCUT2D eigenvalue weighted by molar-refractivity contribution is 0.336. The van der Waals surface area contributed by atoms with E-state index in [0.29, 0.717) is 36.2 Å². The number of aromatic nitrogens is 2. The highest BCUT2D eigenvalue weighted by molar-refractivity contribution is 6.20. The number of hydrogen-bond donors (Lipinski definition) is 0. The molecule has 0 aliphatic heterocycles. The van der Waals surface area contributed by atoms with Crippen molar-refractivity contribution in [1.29, 1.82) is 0 Å². The second kappa shape index (κ2) is 7.99. The quantitative estimate of drug-likeness (QED) is 0.694. The van der Waals surface area contributed by atoms with Crippen LogP contribution in [0.25, 0.3) is 0 Å². The number of rotatable bonds is 8. The van der Waals surface area contributed by atoms with Crippen molar-refractivity contribution in [3.8, 4) is 23.0 Å². The molecule has 2 heterocycles. The van der Waals surface area contributed by atoms with Gasteiger partial charge < -0.3 is 18.8 Å². The molecule has 0 spiro atoms. The molecule has 0 atom stereocenters. The molecule has 2 aromatic rings. The maximum absolute atomic E-state index is 5.34. The Morgan fingerprint density at radius 2 is 1.19 bits per heavy atom. The van der Waals surface area contributed by atoms with Gasteiger partial charge in [0.1, 0.15) is 23.0 Å². The molecule has 2 aromatic heterocycles. The van der Waals surface area contributed by atoms with Crippen molar-refractivity contribution in [3.05, 3.63) is 36.9 Å². The average Bonchev–Trinajstić information content (AvgIpc) is 2.49. The lowest BCUT2D eigenvalue weighted by atomic mass is 10.3. The fraction of sp³-hybridized carbons (Fsp3) is 0.286. The van der Waals surface area contributed by atoms with E-state index in [9.17, 15) is 0 Å². The van der Waals surface area contributed by atoms with Crippen LogP contribution >= 0.6 is 0 Å². The molecule has 1 radical (unpaired) electrons. The summed E-state index contributed by atoms with van der Waals surface area (Å²) in [5, 5.41) is 0.